The van der Waals surface area contributed by atoms with Gasteiger partial charge >= 0.3 is 0 Å². The molecular formula is C7H12N4. The molecule has 0 fully saturated rings. The van der Waals surface area contributed by atoms with E-state index in [0.29, 0.717) is 17.9 Å². The lowest BCUT2D eigenvalue weighted by Crippen LogP contribution is -2.22. The van der Waals surface area contributed by atoms with Crippen LogP contribution in [0.15, 0.2) is 18.3 Å². The summed E-state index contributed by atoms with van der Waals surface area (Å²) in [6.45, 7) is 0.362. The molecule has 0 bridgehead atoms. The topological polar surface area (TPSA) is 91.0 Å². The maximum atomic E-state index is 5.63. The van der Waals surface area contributed by atoms with Gasteiger partial charge in [-0.3, -0.25) is 4.98 Å². The fraction of sp³-hybridized carbons (Fsp3) is 0.286. The Bertz CT molecular complexity index is 236. The molecule has 1 aromatic rings. The number of hydrogen-bond acceptors (Lipinski definition) is 4. The van der Waals surface area contributed by atoms with Crippen molar-refractivity contribution in [2.75, 3.05) is 12.3 Å². The molecule has 0 saturated carbocycles. The van der Waals surface area contributed by atoms with Gasteiger partial charge < -0.3 is 17.2 Å². The molecule has 0 aliphatic rings. The zero-order valence-electron chi connectivity index (χ0n) is 6.20. The fourth-order valence-electron chi connectivity index (χ4n) is 0.851. The van der Waals surface area contributed by atoms with Gasteiger partial charge in [-0.05, 0) is 12.1 Å². The first-order valence-electron chi connectivity index (χ1n) is 3.41. The molecule has 1 rings (SSSR count). The van der Waals surface area contributed by atoms with Crippen LogP contribution in [0.5, 0.6) is 0 Å². The minimum Gasteiger partial charge on any atom is -0.397 e. The van der Waals surface area contributed by atoms with Crippen molar-refractivity contribution in [1.82, 2.24) is 4.98 Å². The van der Waals surface area contributed by atoms with Crippen LogP contribution < -0.4 is 17.2 Å². The fourth-order valence-corrected chi connectivity index (χ4v) is 0.851. The third-order valence-corrected chi connectivity index (χ3v) is 1.48. The van der Waals surface area contributed by atoms with Gasteiger partial charge in [-0.1, -0.05) is 0 Å². The van der Waals surface area contributed by atoms with Crippen LogP contribution in [0.4, 0.5) is 5.69 Å². The molecule has 1 atom stereocenters. The summed E-state index contributed by atoms with van der Waals surface area (Å²) in [5.74, 6) is 0. The van der Waals surface area contributed by atoms with E-state index in [-0.39, 0.29) is 6.04 Å². The zero-order valence-corrected chi connectivity index (χ0v) is 6.20. The second-order valence-corrected chi connectivity index (χ2v) is 2.32. The summed E-state index contributed by atoms with van der Waals surface area (Å²) in [4.78, 5) is 4.02. The Morgan fingerprint density at radius 2 is 2.27 bits per heavy atom. The molecule has 1 aromatic heterocycles. The van der Waals surface area contributed by atoms with E-state index in [2.05, 4.69) is 4.98 Å². The van der Waals surface area contributed by atoms with Gasteiger partial charge in [0, 0.05) is 12.7 Å². The Balaban J connectivity index is 2.93. The van der Waals surface area contributed by atoms with Crippen LogP contribution in [0, 0.1) is 0 Å². The van der Waals surface area contributed by atoms with E-state index in [4.69, 9.17) is 17.2 Å². The monoisotopic (exact) mass is 152 g/mol. The Labute approximate surface area is 65.4 Å². The maximum absolute atomic E-state index is 5.63. The van der Waals surface area contributed by atoms with Crippen LogP contribution >= 0.6 is 0 Å². The quantitative estimate of drug-likeness (QED) is 0.539. The predicted octanol–water partition coefficient (Wildman–Crippen LogP) is -0.378. The molecule has 0 radical (unpaired) electrons. The highest BCUT2D eigenvalue weighted by molar-refractivity contribution is 5.43. The van der Waals surface area contributed by atoms with Gasteiger partial charge in [-0.2, -0.15) is 0 Å². The number of anilines is 1. The molecule has 0 aliphatic carbocycles. The summed E-state index contributed by atoms with van der Waals surface area (Å²) in [5.41, 5.74) is 17.9. The molecule has 0 saturated heterocycles. The number of nitrogen functional groups attached to an aromatic ring is 1. The molecular weight excluding hydrogens is 140 g/mol. The van der Waals surface area contributed by atoms with Crippen LogP contribution in [-0.4, -0.2) is 11.5 Å². The van der Waals surface area contributed by atoms with Gasteiger partial charge in [0.2, 0.25) is 0 Å². The van der Waals surface area contributed by atoms with Crippen molar-refractivity contribution >= 4 is 5.69 Å². The van der Waals surface area contributed by atoms with E-state index in [1.807, 2.05) is 0 Å². The predicted molar refractivity (Wildman–Crippen MR) is 44.6 cm³/mol. The average molecular weight is 152 g/mol. The lowest BCUT2D eigenvalue weighted by molar-refractivity contribution is 0.714. The number of aromatic nitrogens is 1. The van der Waals surface area contributed by atoms with E-state index < -0.39 is 0 Å². The van der Waals surface area contributed by atoms with Crippen LogP contribution in [0.3, 0.4) is 0 Å². The lowest BCUT2D eigenvalue weighted by atomic mass is 10.2. The first-order chi connectivity index (χ1) is 5.25. The van der Waals surface area contributed by atoms with Crippen molar-refractivity contribution in [2.45, 2.75) is 6.04 Å². The lowest BCUT2D eigenvalue weighted by Gasteiger charge is -2.09. The van der Waals surface area contributed by atoms with Gasteiger partial charge in [-0.15, -0.1) is 0 Å². The van der Waals surface area contributed by atoms with Crippen LogP contribution in [-0.2, 0) is 0 Å². The summed E-state index contributed by atoms with van der Waals surface area (Å²) in [6, 6.07) is 3.27. The molecule has 1 unspecified atom stereocenters. The third kappa shape index (κ3) is 1.66. The normalized spacial score (nSPS) is 12.9. The summed E-state index contributed by atoms with van der Waals surface area (Å²) in [6.07, 6.45) is 1.65. The van der Waals surface area contributed by atoms with Crippen molar-refractivity contribution in [2.24, 2.45) is 11.5 Å². The maximum Gasteiger partial charge on any atom is 0.0812 e. The van der Waals surface area contributed by atoms with Gasteiger partial charge in [0.25, 0.3) is 0 Å². The molecule has 1 heterocycles. The molecule has 0 spiro atoms. The molecule has 0 aliphatic heterocycles. The summed E-state index contributed by atoms with van der Waals surface area (Å²) in [7, 11) is 0. The second kappa shape index (κ2) is 3.32. The summed E-state index contributed by atoms with van der Waals surface area (Å²) < 4.78 is 0. The minimum atomic E-state index is -0.254. The van der Waals surface area contributed by atoms with Crippen molar-refractivity contribution < 1.29 is 0 Å². The molecule has 0 amide bonds. The highest BCUT2D eigenvalue weighted by Crippen LogP contribution is 2.12. The van der Waals surface area contributed by atoms with E-state index in [9.17, 15) is 0 Å². The van der Waals surface area contributed by atoms with Gasteiger partial charge in [0.1, 0.15) is 0 Å². The average Bonchev–Trinajstić information content (AvgIpc) is 2.04. The van der Waals surface area contributed by atoms with Crippen molar-refractivity contribution in [1.29, 1.82) is 0 Å². The zero-order chi connectivity index (χ0) is 8.27. The van der Waals surface area contributed by atoms with E-state index in [1.165, 1.54) is 0 Å². The van der Waals surface area contributed by atoms with Crippen LogP contribution in [0.1, 0.15) is 11.7 Å². The van der Waals surface area contributed by atoms with E-state index in [1.54, 1.807) is 18.3 Å². The van der Waals surface area contributed by atoms with Gasteiger partial charge in [-0.25, -0.2) is 0 Å². The van der Waals surface area contributed by atoms with E-state index >= 15 is 0 Å². The van der Waals surface area contributed by atoms with Gasteiger partial charge in [0.15, 0.2) is 0 Å². The first kappa shape index (κ1) is 7.97. The van der Waals surface area contributed by atoms with Crippen molar-refractivity contribution in [3.8, 4) is 0 Å². The number of nitrogens with two attached hydrogens (primary N) is 3. The Kier molecular flexibility index (Phi) is 2.40. The standard InChI is InChI=1S/C7H12N4/c8-4-6(10)7-5(9)2-1-3-11-7/h1-3,6H,4,8-10H2. The molecule has 4 nitrogen and oxygen atoms in total. The number of nitrogens with zero attached hydrogens (tertiary/aromatic N) is 1. The summed E-state index contributed by atoms with van der Waals surface area (Å²) >= 11 is 0. The molecule has 11 heavy (non-hydrogen) atoms. The third-order valence-electron chi connectivity index (χ3n) is 1.48. The molecule has 4 heteroatoms. The molecule has 60 valence electrons. The number of rotatable bonds is 2. The Morgan fingerprint density at radius 1 is 1.55 bits per heavy atom. The number of pyridine rings is 1. The van der Waals surface area contributed by atoms with Crippen molar-refractivity contribution in [3.63, 3.8) is 0 Å². The minimum absolute atomic E-state index is 0.254. The van der Waals surface area contributed by atoms with Crippen molar-refractivity contribution in [3.05, 3.63) is 24.0 Å². The number of hydrogen-bond donors (Lipinski definition) is 3. The van der Waals surface area contributed by atoms with Gasteiger partial charge in [0.05, 0.1) is 17.4 Å². The van der Waals surface area contributed by atoms with E-state index in [0.717, 1.165) is 0 Å². The SMILES string of the molecule is NCC(N)c1ncccc1N. The molecule has 6 N–H and O–H groups in total. The second-order valence-electron chi connectivity index (χ2n) is 2.32. The summed E-state index contributed by atoms with van der Waals surface area (Å²) in [5, 5.41) is 0. The first-order valence-corrected chi connectivity index (χ1v) is 3.41. The molecule has 0 aromatic carbocycles. The highest BCUT2D eigenvalue weighted by atomic mass is 14.8. The largest absolute Gasteiger partial charge is 0.397 e. The Hall–Kier alpha value is -1.13. The smallest absolute Gasteiger partial charge is 0.0812 e. The highest BCUT2D eigenvalue weighted by Gasteiger charge is 2.07. The van der Waals surface area contributed by atoms with Crippen LogP contribution in [0.2, 0.25) is 0 Å². The van der Waals surface area contributed by atoms with Crippen LogP contribution in [0.25, 0.3) is 0 Å². The Morgan fingerprint density at radius 3 is 2.82 bits per heavy atom.